The smallest absolute Gasteiger partial charge is 0.472 e. The first-order valence-corrected chi connectivity index (χ1v) is 24.2. The number of esters is 1. The van der Waals surface area contributed by atoms with Crippen molar-refractivity contribution in [3.8, 4) is 0 Å². The lowest BCUT2D eigenvalue weighted by Gasteiger charge is -2.20. The molecule has 0 amide bonds. The van der Waals surface area contributed by atoms with Crippen molar-refractivity contribution in [2.45, 2.75) is 231 Å². The minimum absolute atomic E-state index is 0.0211. The summed E-state index contributed by atoms with van der Waals surface area (Å²) in [7, 11) is -4.61. The quantitative estimate of drug-likeness (QED) is 0.0235. The van der Waals surface area contributed by atoms with Crippen LogP contribution in [0.25, 0.3) is 0 Å². The topological polar surface area (TPSA) is 155 Å². The van der Waals surface area contributed by atoms with Gasteiger partial charge >= 0.3 is 19.8 Å². The maximum Gasteiger partial charge on any atom is 0.472 e. The van der Waals surface area contributed by atoms with Crippen molar-refractivity contribution >= 4 is 19.8 Å². The predicted octanol–water partition coefficient (Wildman–Crippen LogP) is 12.5. The number of phosphoric acid groups is 1. The van der Waals surface area contributed by atoms with Crippen molar-refractivity contribution < 1.29 is 42.7 Å². The second kappa shape index (κ2) is 40.9. The number of allylic oxidation sites excluding steroid dienone is 2. The van der Waals surface area contributed by atoms with Crippen molar-refractivity contribution in [3.63, 3.8) is 0 Å². The molecule has 0 aromatic carbocycles. The number of aliphatic carboxylic acids is 1. The molecule has 0 aliphatic heterocycles. The summed E-state index contributed by atoms with van der Waals surface area (Å²) in [4.78, 5) is 33.5. The zero-order valence-corrected chi connectivity index (χ0v) is 36.4. The fourth-order valence-corrected chi connectivity index (χ4v) is 7.26. The molecule has 0 aromatic heterocycles. The van der Waals surface area contributed by atoms with E-state index in [1.165, 1.54) is 148 Å². The molecule has 0 fully saturated rings. The van der Waals surface area contributed by atoms with Gasteiger partial charge in [0, 0.05) is 13.0 Å². The lowest BCUT2D eigenvalue weighted by molar-refractivity contribution is -0.154. The molecule has 3 atom stereocenters. The summed E-state index contributed by atoms with van der Waals surface area (Å²) in [6, 6.07) is -1.47. The molecule has 0 spiro atoms. The molecular weight excluding hydrogens is 717 g/mol. The van der Waals surface area contributed by atoms with E-state index in [-0.39, 0.29) is 13.0 Å². The summed E-state index contributed by atoms with van der Waals surface area (Å²) < 4.78 is 33.4. The van der Waals surface area contributed by atoms with Crippen LogP contribution in [0.3, 0.4) is 0 Å². The number of ether oxygens (including phenoxy) is 2. The Bertz CT molecular complexity index is 935. The van der Waals surface area contributed by atoms with E-state index >= 15 is 0 Å². The molecule has 3 unspecified atom stereocenters. The van der Waals surface area contributed by atoms with Gasteiger partial charge in [-0.1, -0.05) is 187 Å². The van der Waals surface area contributed by atoms with Crippen LogP contribution in [0.4, 0.5) is 0 Å². The average molecular weight is 804 g/mol. The van der Waals surface area contributed by atoms with Crippen molar-refractivity contribution in [1.29, 1.82) is 0 Å². The minimum Gasteiger partial charge on any atom is -0.480 e. The Morgan fingerprint density at radius 1 is 0.564 bits per heavy atom. The SMILES string of the molecule is CCCCCCCCC/C=C\CCCCCCCCCC(=O)OC(COCCCCCCCCCCCCCCCCC)COP(=O)(O)OCC(N)C(=O)O. The van der Waals surface area contributed by atoms with Crippen LogP contribution in [0, 0.1) is 0 Å². The number of carbonyl (C=O) groups is 2. The van der Waals surface area contributed by atoms with Crippen LogP contribution < -0.4 is 5.73 Å². The van der Waals surface area contributed by atoms with Gasteiger partial charge in [-0.3, -0.25) is 18.6 Å². The molecule has 0 bridgehead atoms. The Hall–Kier alpha value is -1.29. The lowest BCUT2D eigenvalue weighted by Crippen LogP contribution is -2.34. The number of hydrogen-bond donors (Lipinski definition) is 3. The molecule has 0 saturated carbocycles. The van der Waals surface area contributed by atoms with Crippen molar-refractivity contribution in [2.75, 3.05) is 26.4 Å². The fourth-order valence-electron chi connectivity index (χ4n) is 6.48. The normalized spacial score (nSPS) is 14.0. The van der Waals surface area contributed by atoms with Gasteiger partial charge in [0.1, 0.15) is 12.1 Å². The number of nitrogens with two attached hydrogens (primary N) is 1. The highest BCUT2D eigenvalue weighted by Crippen LogP contribution is 2.43. The van der Waals surface area contributed by atoms with Crippen molar-refractivity contribution in [2.24, 2.45) is 5.73 Å². The zero-order chi connectivity index (χ0) is 40.5. The maximum atomic E-state index is 12.6. The first-order chi connectivity index (χ1) is 26.7. The van der Waals surface area contributed by atoms with Crippen LogP contribution in [0.1, 0.15) is 219 Å². The fraction of sp³-hybridized carbons (Fsp3) is 0.909. The van der Waals surface area contributed by atoms with E-state index in [9.17, 15) is 19.0 Å². The summed E-state index contributed by atoms with van der Waals surface area (Å²) >= 11 is 0. The van der Waals surface area contributed by atoms with Gasteiger partial charge < -0.3 is 25.2 Å². The van der Waals surface area contributed by atoms with E-state index in [2.05, 4.69) is 26.0 Å². The number of carboxylic acids is 1. The van der Waals surface area contributed by atoms with E-state index in [0.29, 0.717) is 13.0 Å². The van der Waals surface area contributed by atoms with E-state index in [4.69, 9.17) is 29.4 Å². The van der Waals surface area contributed by atoms with Crippen LogP contribution in [0.5, 0.6) is 0 Å². The van der Waals surface area contributed by atoms with Gasteiger partial charge in [-0.25, -0.2) is 4.57 Å². The molecule has 4 N–H and O–H groups in total. The Balaban J connectivity index is 4.19. The monoisotopic (exact) mass is 804 g/mol. The predicted molar refractivity (Wildman–Crippen MR) is 226 cm³/mol. The molecule has 55 heavy (non-hydrogen) atoms. The third-order valence-corrected chi connectivity index (χ3v) is 11.0. The molecule has 0 aromatic rings. The highest BCUT2D eigenvalue weighted by Gasteiger charge is 2.27. The maximum absolute atomic E-state index is 12.6. The summed E-state index contributed by atoms with van der Waals surface area (Å²) in [5.74, 6) is -1.77. The molecule has 0 heterocycles. The summed E-state index contributed by atoms with van der Waals surface area (Å²) in [6.45, 7) is 3.91. The Kier molecular flexibility index (Phi) is 39.9. The van der Waals surface area contributed by atoms with Gasteiger partial charge in [0.2, 0.25) is 0 Å². The first kappa shape index (κ1) is 53.7. The number of hydrogen-bond acceptors (Lipinski definition) is 8. The van der Waals surface area contributed by atoms with E-state index < -0.39 is 45.1 Å². The van der Waals surface area contributed by atoms with Crippen molar-refractivity contribution in [1.82, 2.24) is 0 Å². The Labute approximate surface area is 337 Å². The molecule has 0 rings (SSSR count). The molecule has 0 saturated heterocycles. The second-order valence-electron chi connectivity index (χ2n) is 15.5. The molecule has 326 valence electrons. The number of carbonyl (C=O) groups excluding carboxylic acids is 1. The standard InChI is InChI=1S/C44H86NO9P/c1-3-5-7-9-11-13-15-17-19-20-21-22-24-26-28-30-32-34-36-43(46)54-41(39-52-55(49,50)53-40-42(45)44(47)48)38-51-37-35-33-31-29-27-25-23-18-16-14-12-10-8-6-4-2/h19-20,41-42H,3-18,21-40,45H2,1-2H3,(H,47,48)(H,49,50)/b20-19-. The first-order valence-electron chi connectivity index (χ1n) is 22.7. The van der Waals surface area contributed by atoms with Crippen LogP contribution >= 0.6 is 7.82 Å². The molecule has 11 heteroatoms. The Morgan fingerprint density at radius 2 is 0.945 bits per heavy atom. The summed E-state index contributed by atoms with van der Waals surface area (Å²) in [5, 5.41) is 8.90. The van der Waals surface area contributed by atoms with Crippen LogP contribution in [0.15, 0.2) is 12.2 Å². The van der Waals surface area contributed by atoms with E-state index in [0.717, 1.165) is 44.9 Å². The van der Waals surface area contributed by atoms with Gasteiger partial charge in [-0.2, -0.15) is 0 Å². The average Bonchev–Trinajstić information content (AvgIpc) is 3.16. The third-order valence-electron chi connectivity index (χ3n) is 10.0. The van der Waals surface area contributed by atoms with Gasteiger partial charge in [-0.05, 0) is 38.5 Å². The minimum atomic E-state index is -4.61. The van der Waals surface area contributed by atoms with Gasteiger partial charge in [0.05, 0.1) is 19.8 Å². The number of unbranched alkanes of at least 4 members (excludes halogenated alkanes) is 28. The van der Waals surface area contributed by atoms with E-state index in [1.807, 2.05) is 0 Å². The molecule has 0 aliphatic carbocycles. The van der Waals surface area contributed by atoms with Gasteiger partial charge in [-0.15, -0.1) is 0 Å². The number of phosphoric ester groups is 1. The molecule has 0 aliphatic rings. The molecular formula is C44H86NO9P. The Morgan fingerprint density at radius 3 is 1.38 bits per heavy atom. The summed E-state index contributed by atoms with van der Waals surface area (Å²) in [5.41, 5.74) is 5.36. The molecule has 10 nitrogen and oxygen atoms in total. The highest BCUT2D eigenvalue weighted by atomic mass is 31.2. The largest absolute Gasteiger partial charge is 0.480 e. The van der Waals surface area contributed by atoms with Gasteiger partial charge in [0.25, 0.3) is 0 Å². The highest BCUT2D eigenvalue weighted by molar-refractivity contribution is 7.47. The van der Waals surface area contributed by atoms with Gasteiger partial charge in [0.15, 0.2) is 0 Å². The lowest BCUT2D eigenvalue weighted by atomic mass is 10.0. The zero-order valence-electron chi connectivity index (χ0n) is 35.5. The van der Waals surface area contributed by atoms with Crippen molar-refractivity contribution in [3.05, 3.63) is 12.2 Å². The summed E-state index contributed by atoms with van der Waals surface area (Å²) in [6.07, 6.45) is 42.6. The number of carboxylic acid groups (broad SMARTS) is 1. The van der Waals surface area contributed by atoms with Crippen LogP contribution in [0.2, 0.25) is 0 Å². The van der Waals surface area contributed by atoms with Crippen LogP contribution in [-0.4, -0.2) is 60.5 Å². The number of rotatable bonds is 44. The van der Waals surface area contributed by atoms with E-state index in [1.54, 1.807) is 0 Å². The second-order valence-corrected chi connectivity index (χ2v) is 17.0. The molecule has 0 radical (unpaired) electrons. The third kappa shape index (κ3) is 40.7. The van der Waals surface area contributed by atoms with Crippen LogP contribution in [-0.2, 0) is 32.7 Å².